The Morgan fingerprint density at radius 2 is 1.85 bits per heavy atom. The van der Waals surface area contributed by atoms with Crippen LogP contribution in [-0.2, 0) is 9.59 Å². The summed E-state index contributed by atoms with van der Waals surface area (Å²) >= 11 is 2.98. The van der Waals surface area contributed by atoms with E-state index in [4.69, 9.17) is 9.47 Å². The normalized spacial score (nSPS) is 14.6. The van der Waals surface area contributed by atoms with Gasteiger partial charge in [0.15, 0.2) is 11.5 Å². The van der Waals surface area contributed by atoms with Crippen molar-refractivity contribution in [1.82, 2.24) is 4.90 Å². The molecule has 174 valence electrons. The van der Waals surface area contributed by atoms with E-state index >= 15 is 0 Å². The number of hydrogen-bond donors (Lipinski definition) is 1. The number of ether oxygens (including phenoxy) is 2. The van der Waals surface area contributed by atoms with E-state index in [1.165, 1.54) is 0 Å². The lowest BCUT2D eigenvalue weighted by Crippen LogP contribution is -2.36. The second kappa shape index (κ2) is 12.1. The van der Waals surface area contributed by atoms with Gasteiger partial charge in [-0.05, 0) is 95.7 Å². The fourth-order valence-corrected chi connectivity index (χ4v) is 4.19. The van der Waals surface area contributed by atoms with E-state index in [9.17, 15) is 14.4 Å². The maximum atomic E-state index is 12.8. The third-order valence-electron chi connectivity index (χ3n) is 4.62. The number of thioether (sulfide) groups is 1. The van der Waals surface area contributed by atoms with Gasteiger partial charge in [0, 0.05) is 9.26 Å². The summed E-state index contributed by atoms with van der Waals surface area (Å²) < 4.78 is 12.5. The van der Waals surface area contributed by atoms with Gasteiger partial charge in [-0.1, -0.05) is 19.4 Å². The Labute approximate surface area is 211 Å². The molecular formula is C24H25IN2O5S. The second-order valence-electron chi connectivity index (χ2n) is 7.16. The Hall–Kier alpha value is -2.53. The summed E-state index contributed by atoms with van der Waals surface area (Å²) in [6, 6.07) is 12.6. The first-order chi connectivity index (χ1) is 15.9. The third kappa shape index (κ3) is 6.97. The number of amides is 3. The van der Waals surface area contributed by atoms with Crippen molar-refractivity contribution in [3.05, 3.63) is 56.5 Å². The summed E-state index contributed by atoms with van der Waals surface area (Å²) in [6.07, 6.45) is 3.60. The predicted molar refractivity (Wildman–Crippen MR) is 138 cm³/mol. The molecule has 2 aromatic carbocycles. The van der Waals surface area contributed by atoms with E-state index in [1.54, 1.807) is 36.4 Å². The molecule has 3 rings (SSSR count). The molecule has 2 aromatic rings. The van der Waals surface area contributed by atoms with Crippen LogP contribution in [0.25, 0.3) is 6.08 Å². The standard InChI is InChI=1S/C24H25IN2O5S/c1-3-5-12-32-19-11-6-16(13-20(19)31-4-2)14-21-23(29)27(24(30)33-21)15-22(28)26-18-9-7-17(25)8-10-18/h6-11,13-14H,3-5,12,15H2,1-2H3,(H,26,28)/b21-14-. The smallest absolute Gasteiger partial charge is 0.294 e. The van der Waals surface area contributed by atoms with Gasteiger partial charge in [0.1, 0.15) is 6.54 Å². The Bertz CT molecular complexity index is 1060. The number of benzene rings is 2. The van der Waals surface area contributed by atoms with E-state index < -0.39 is 17.1 Å². The van der Waals surface area contributed by atoms with E-state index in [0.29, 0.717) is 36.0 Å². The molecule has 1 N–H and O–H groups in total. The summed E-state index contributed by atoms with van der Waals surface area (Å²) in [5, 5.41) is 2.22. The van der Waals surface area contributed by atoms with Gasteiger partial charge in [0.05, 0.1) is 18.1 Å². The molecule has 3 amide bonds. The van der Waals surface area contributed by atoms with Crippen molar-refractivity contribution in [2.24, 2.45) is 0 Å². The second-order valence-corrected chi connectivity index (χ2v) is 9.40. The number of carbonyl (C=O) groups excluding carboxylic acids is 3. The number of carbonyl (C=O) groups is 3. The fraction of sp³-hybridized carbons (Fsp3) is 0.292. The number of anilines is 1. The van der Waals surface area contributed by atoms with Crippen LogP contribution in [0.5, 0.6) is 11.5 Å². The van der Waals surface area contributed by atoms with E-state index in [2.05, 4.69) is 34.8 Å². The molecule has 33 heavy (non-hydrogen) atoms. The molecule has 1 aliphatic heterocycles. The maximum absolute atomic E-state index is 12.8. The van der Waals surface area contributed by atoms with Crippen molar-refractivity contribution in [1.29, 1.82) is 0 Å². The average Bonchev–Trinajstić information content (AvgIpc) is 3.04. The number of rotatable bonds is 10. The first-order valence-corrected chi connectivity index (χ1v) is 12.5. The molecule has 0 atom stereocenters. The summed E-state index contributed by atoms with van der Waals surface area (Å²) in [6.45, 7) is 4.70. The zero-order chi connectivity index (χ0) is 23.8. The van der Waals surface area contributed by atoms with E-state index in [1.807, 2.05) is 19.1 Å². The molecule has 0 bridgehead atoms. The van der Waals surface area contributed by atoms with Gasteiger partial charge >= 0.3 is 0 Å². The van der Waals surface area contributed by atoms with Crippen molar-refractivity contribution in [3.8, 4) is 11.5 Å². The molecule has 1 saturated heterocycles. The van der Waals surface area contributed by atoms with Gasteiger partial charge < -0.3 is 14.8 Å². The number of hydrogen-bond acceptors (Lipinski definition) is 6. The Kier molecular flexibility index (Phi) is 9.19. The number of imide groups is 1. The fourth-order valence-electron chi connectivity index (χ4n) is 2.99. The van der Waals surface area contributed by atoms with Crippen LogP contribution >= 0.6 is 34.4 Å². The Balaban J connectivity index is 1.69. The summed E-state index contributed by atoms with van der Waals surface area (Å²) in [5.41, 5.74) is 1.31. The minimum atomic E-state index is -0.496. The van der Waals surface area contributed by atoms with Gasteiger partial charge in [-0.25, -0.2) is 0 Å². The number of unbranched alkanes of at least 4 members (excludes halogenated alkanes) is 1. The van der Waals surface area contributed by atoms with Crippen molar-refractivity contribution in [3.63, 3.8) is 0 Å². The highest BCUT2D eigenvalue weighted by Gasteiger charge is 2.36. The molecule has 9 heteroatoms. The SMILES string of the molecule is CCCCOc1ccc(/C=C2\SC(=O)N(CC(=O)Nc3ccc(I)cc3)C2=O)cc1OCC. The molecule has 1 aliphatic rings. The van der Waals surface area contributed by atoms with E-state index in [0.717, 1.165) is 33.1 Å². The molecule has 1 heterocycles. The van der Waals surface area contributed by atoms with Crippen LogP contribution in [0.2, 0.25) is 0 Å². The zero-order valence-electron chi connectivity index (χ0n) is 18.4. The number of nitrogens with one attached hydrogen (secondary N) is 1. The monoisotopic (exact) mass is 580 g/mol. The molecule has 0 aliphatic carbocycles. The van der Waals surface area contributed by atoms with E-state index in [-0.39, 0.29) is 11.4 Å². The van der Waals surface area contributed by atoms with Crippen molar-refractivity contribution in [2.45, 2.75) is 26.7 Å². The van der Waals surface area contributed by atoms with Gasteiger partial charge in [0.2, 0.25) is 5.91 Å². The summed E-state index contributed by atoms with van der Waals surface area (Å²) in [4.78, 5) is 38.7. The van der Waals surface area contributed by atoms with Gasteiger partial charge in [-0.2, -0.15) is 0 Å². The van der Waals surface area contributed by atoms with Crippen molar-refractivity contribution >= 4 is 63.2 Å². The highest BCUT2D eigenvalue weighted by atomic mass is 127. The molecule has 0 unspecified atom stereocenters. The molecule has 1 fully saturated rings. The number of halogens is 1. The Morgan fingerprint density at radius 1 is 1.09 bits per heavy atom. The summed E-state index contributed by atoms with van der Waals surface area (Å²) in [5.74, 6) is 0.289. The number of nitrogens with zero attached hydrogens (tertiary/aromatic N) is 1. The average molecular weight is 580 g/mol. The van der Waals surface area contributed by atoms with Crippen LogP contribution in [0.1, 0.15) is 32.3 Å². The van der Waals surface area contributed by atoms with Crippen molar-refractivity contribution in [2.75, 3.05) is 25.1 Å². The quantitative estimate of drug-likeness (QED) is 0.226. The predicted octanol–water partition coefficient (Wildman–Crippen LogP) is 5.54. The van der Waals surface area contributed by atoms with Crippen LogP contribution < -0.4 is 14.8 Å². The van der Waals surface area contributed by atoms with Gasteiger partial charge in [-0.15, -0.1) is 0 Å². The van der Waals surface area contributed by atoms with Crippen LogP contribution in [0.15, 0.2) is 47.4 Å². The third-order valence-corrected chi connectivity index (χ3v) is 6.25. The highest BCUT2D eigenvalue weighted by molar-refractivity contribution is 14.1. The maximum Gasteiger partial charge on any atom is 0.294 e. The van der Waals surface area contributed by atoms with Crippen LogP contribution in [0.4, 0.5) is 10.5 Å². The van der Waals surface area contributed by atoms with Crippen LogP contribution in [-0.4, -0.2) is 41.7 Å². The first kappa shape index (κ1) is 25.1. The Morgan fingerprint density at radius 3 is 2.55 bits per heavy atom. The molecule has 0 aromatic heterocycles. The van der Waals surface area contributed by atoms with Gasteiger partial charge in [0.25, 0.3) is 11.1 Å². The van der Waals surface area contributed by atoms with Gasteiger partial charge in [-0.3, -0.25) is 19.3 Å². The summed E-state index contributed by atoms with van der Waals surface area (Å²) in [7, 11) is 0. The lowest BCUT2D eigenvalue weighted by Gasteiger charge is -2.13. The minimum Gasteiger partial charge on any atom is -0.490 e. The molecule has 0 saturated carbocycles. The highest BCUT2D eigenvalue weighted by Crippen LogP contribution is 2.34. The first-order valence-electron chi connectivity index (χ1n) is 10.6. The van der Waals surface area contributed by atoms with Crippen LogP contribution in [0, 0.1) is 3.57 Å². The molecular weight excluding hydrogens is 555 g/mol. The lowest BCUT2D eigenvalue weighted by molar-refractivity contribution is -0.127. The van der Waals surface area contributed by atoms with Crippen LogP contribution in [0.3, 0.4) is 0 Å². The molecule has 0 spiro atoms. The zero-order valence-corrected chi connectivity index (χ0v) is 21.4. The van der Waals surface area contributed by atoms with Crippen molar-refractivity contribution < 1.29 is 23.9 Å². The molecule has 0 radical (unpaired) electrons. The minimum absolute atomic E-state index is 0.254. The topological polar surface area (TPSA) is 84.9 Å². The molecule has 7 nitrogen and oxygen atoms in total. The lowest BCUT2D eigenvalue weighted by atomic mass is 10.2. The largest absolute Gasteiger partial charge is 0.490 e.